The summed E-state index contributed by atoms with van der Waals surface area (Å²) < 4.78 is 0. The minimum Gasteiger partial charge on any atom is -0.347 e. The van der Waals surface area contributed by atoms with Gasteiger partial charge in [0.2, 0.25) is 17.7 Å². The monoisotopic (exact) mass is 530 g/mol. The standard InChI is InChI=1S/C27H26N6O4S/c34-22(14-30-24(35)16-5-8-33(9-6-16)25(36)21-13-28-15-38-21)31-19-4-3-17-11-27(12-18(17)10-19)20-2-1-7-29-23(20)32-26(27)37/h1-4,7,10,13,15-16H,5-6,8-9,11-12,14H2,(H,30,35)(H,31,34)(H,29,32,37). The van der Waals surface area contributed by atoms with E-state index in [0.29, 0.717) is 55.2 Å². The van der Waals surface area contributed by atoms with Crippen LogP contribution in [0.2, 0.25) is 0 Å². The number of pyridine rings is 1. The molecule has 6 rings (SSSR count). The van der Waals surface area contributed by atoms with Crippen LogP contribution < -0.4 is 16.0 Å². The number of piperidine rings is 1. The maximum absolute atomic E-state index is 12.9. The Hall–Kier alpha value is -4.12. The maximum Gasteiger partial charge on any atom is 0.265 e. The predicted molar refractivity (Wildman–Crippen MR) is 141 cm³/mol. The van der Waals surface area contributed by atoms with Crippen LogP contribution in [0.1, 0.15) is 39.2 Å². The summed E-state index contributed by atoms with van der Waals surface area (Å²) in [6.45, 7) is 0.855. The van der Waals surface area contributed by atoms with Gasteiger partial charge in [-0.05, 0) is 55.0 Å². The van der Waals surface area contributed by atoms with Crippen molar-refractivity contribution >= 4 is 46.5 Å². The summed E-state index contributed by atoms with van der Waals surface area (Å²) in [6.07, 6.45) is 5.46. The fourth-order valence-electron chi connectivity index (χ4n) is 5.68. The van der Waals surface area contributed by atoms with Gasteiger partial charge in [0.1, 0.15) is 10.7 Å². The first-order valence-electron chi connectivity index (χ1n) is 12.6. The van der Waals surface area contributed by atoms with Crippen LogP contribution in [0.5, 0.6) is 0 Å². The van der Waals surface area contributed by atoms with Crippen LogP contribution in [0.3, 0.4) is 0 Å². The number of hydrogen-bond acceptors (Lipinski definition) is 7. The Kier molecular flexibility index (Phi) is 6.15. The van der Waals surface area contributed by atoms with E-state index in [2.05, 4.69) is 25.9 Å². The Morgan fingerprint density at radius 3 is 2.74 bits per heavy atom. The topological polar surface area (TPSA) is 133 Å². The molecule has 1 unspecified atom stereocenters. The summed E-state index contributed by atoms with van der Waals surface area (Å²) in [5.41, 5.74) is 4.58. The van der Waals surface area contributed by atoms with E-state index in [1.54, 1.807) is 22.8 Å². The number of carbonyl (C=O) groups is 4. The summed E-state index contributed by atoms with van der Waals surface area (Å²) in [4.78, 5) is 61.2. The summed E-state index contributed by atoms with van der Waals surface area (Å²) in [5.74, 6) is -0.224. The van der Waals surface area contributed by atoms with E-state index in [-0.39, 0.29) is 36.1 Å². The first-order chi connectivity index (χ1) is 18.4. The fourth-order valence-corrected chi connectivity index (χ4v) is 6.27. The van der Waals surface area contributed by atoms with E-state index < -0.39 is 5.41 Å². The van der Waals surface area contributed by atoms with Gasteiger partial charge in [-0.1, -0.05) is 12.1 Å². The lowest BCUT2D eigenvalue weighted by atomic mass is 9.79. The molecule has 38 heavy (non-hydrogen) atoms. The normalized spacial score (nSPS) is 20.1. The van der Waals surface area contributed by atoms with Gasteiger partial charge in [0, 0.05) is 36.5 Å². The number of benzene rings is 1. The quantitative estimate of drug-likeness (QED) is 0.463. The van der Waals surface area contributed by atoms with Crippen LogP contribution in [0, 0.1) is 5.92 Å². The lowest BCUT2D eigenvalue weighted by molar-refractivity contribution is -0.128. The minimum absolute atomic E-state index is 0.0468. The lowest BCUT2D eigenvalue weighted by Crippen LogP contribution is -2.44. The van der Waals surface area contributed by atoms with Gasteiger partial charge in [-0.2, -0.15) is 0 Å². The Balaban J connectivity index is 1.01. The van der Waals surface area contributed by atoms with Gasteiger partial charge in [0.25, 0.3) is 5.91 Å². The third-order valence-corrected chi connectivity index (χ3v) is 8.44. The van der Waals surface area contributed by atoms with Crippen molar-refractivity contribution in [2.75, 3.05) is 30.3 Å². The molecule has 1 aliphatic carbocycles. The third kappa shape index (κ3) is 4.32. The van der Waals surface area contributed by atoms with E-state index in [1.807, 2.05) is 30.3 Å². The molecular formula is C27H26N6O4S. The minimum atomic E-state index is -0.663. The molecule has 1 fully saturated rings. The van der Waals surface area contributed by atoms with Gasteiger partial charge in [-0.25, -0.2) is 4.98 Å². The van der Waals surface area contributed by atoms with E-state index in [1.165, 1.54) is 11.3 Å². The van der Waals surface area contributed by atoms with Gasteiger partial charge < -0.3 is 20.9 Å². The highest BCUT2D eigenvalue weighted by Crippen LogP contribution is 2.46. The van der Waals surface area contributed by atoms with Crippen LogP contribution in [-0.4, -0.2) is 58.1 Å². The number of nitrogens with one attached hydrogen (secondary N) is 3. The first kappa shape index (κ1) is 24.2. The number of likely N-dealkylation sites (tertiary alicyclic amines) is 1. The van der Waals surface area contributed by atoms with Gasteiger partial charge in [0.15, 0.2) is 0 Å². The number of nitrogens with zero attached hydrogens (tertiary/aromatic N) is 3. The zero-order valence-electron chi connectivity index (χ0n) is 20.5. The second-order valence-electron chi connectivity index (χ2n) is 9.97. The van der Waals surface area contributed by atoms with E-state index in [4.69, 9.17) is 0 Å². The number of fused-ring (bicyclic) bond motifs is 3. The molecule has 10 nitrogen and oxygen atoms in total. The van der Waals surface area contributed by atoms with E-state index in [9.17, 15) is 19.2 Å². The number of thiazole rings is 1. The largest absolute Gasteiger partial charge is 0.347 e. The number of anilines is 2. The van der Waals surface area contributed by atoms with Crippen molar-refractivity contribution in [3.8, 4) is 0 Å². The summed E-state index contributed by atoms with van der Waals surface area (Å²) >= 11 is 1.31. The van der Waals surface area contributed by atoms with Crippen LogP contribution in [0.15, 0.2) is 48.2 Å². The van der Waals surface area contributed by atoms with E-state index in [0.717, 1.165) is 16.7 Å². The molecule has 194 valence electrons. The molecule has 3 aromatic rings. The molecule has 1 saturated heterocycles. The van der Waals surface area contributed by atoms with Crippen LogP contribution in [-0.2, 0) is 32.6 Å². The highest BCUT2D eigenvalue weighted by atomic mass is 32.1. The molecule has 3 aliphatic rings. The zero-order chi connectivity index (χ0) is 26.3. The molecule has 2 aromatic heterocycles. The van der Waals surface area contributed by atoms with Crippen LogP contribution in [0.25, 0.3) is 0 Å². The van der Waals surface area contributed by atoms with Crippen molar-refractivity contribution in [1.29, 1.82) is 0 Å². The van der Waals surface area contributed by atoms with Crippen molar-refractivity contribution < 1.29 is 19.2 Å². The molecule has 0 saturated carbocycles. The smallest absolute Gasteiger partial charge is 0.265 e. The molecule has 2 aliphatic heterocycles. The van der Waals surface area contributed by atoms with Crippen molar-refractivity contribution in [2.24, 2.45) is 5.92 Å². The molecule has 4 heterocycles. The summed E-state index contributed by atoms with van der Waals surface area (Å²) in [5, 5.41) is 8.48. The van der Waals surface area contributed by atoms with Crippen molar-refractivity contribution in [3.05, 3.63) is 69.8 Å². The molecule has 11 heteroatoms. The van der Waals surface area contributed by atoms with Crippen molar-refractivity contribution in [1.82, 2.24) is 20.2 Å². The molecular weight excluding hydrogens is 504 g/mol. The first-order valence-corrected chi connectivity index (χ1v) is 13.4. The Morgan fingerprint density at radius 2 is 1.95 bits per heavy atom. The highest BCUT2D eigenvalue weighted by Gasteiger charge is 2.51. The van der Waals surface area contributed by atoms with Gasteiger partial charge in [-0.3, -0.25) is 24.2 Å². The molecule has 4 amide bonds. The molecule has 1 aromatic carbocycles. The highest BCUT2D eigenvalue weighted by molar-refractivity contribution is 7.11. The SMILES string of the molecule is O=C(CNC(=O)C1CCN(C(=O)c2cncs2)CC1)Nc1ccc2c(c1)CC1(C2)C(=O)Nc2ncccc21. The average Bonchev–Trinajstić information content (AvgIpc) is 3.66. The second kappa shape index (κ2) is 9.64. The Bertz CT molecular complexity index is 1430. The predicted octanol–water partition coefficient (Wildman–Crippen LogP) is 2.13. The lowest BCUT2D eigenvalue weighted by Gasteiger charge is -2.30. The van der Waals surface area contributed by atoms with Gasteiger partial charge >= 0.3 is 0 Å². The van der Waals surface area contributed by atoms with Crippen LogP contribution >= 0.6 is 11.3 Å². The third-order valence-electron chi connectivity index (χ3n) is 7.68. The molecule has 3 N–H and O–H groups in total. The number of hydrogen-bond donors (Lipinski definition) is 3. The van der Waals surface area contributed by atoms with Crippen molar-refractivity contribution in [3.63, 3.8) is 0 Å². The Labute approximate surface area is 222 Å². The number of rotatable bonds is 5. The van der Waals surface area contributed by atoms with Gasteiger partial charge in [0.05, 0.1) is 23.7 Å². The second-order valence-corrected chi connectivity index (χ2v) is 10.9. The number of carbonyl (C=O) groups excluding carboxylic acids is 4. The summed E-state index contributed by atoms with van der Waals surface area (Å²) in [6, 6.07) is 9.46. The van der Waals surface area contributed by atoms with E-state index >= 15 is 0 Å². The fraction of sp³-hybridized carbons (Fsp3) is 0.333. The van der Waals surface area contributed by atoms with Crippen LogP contribution in [0.4, 0.5) is 11.5 Å². The molecule has 1 atom stereocenters. The molecule has 1 spiro atoms. The number of amides is 4. The Morgan fingerprint density at radius 1 is 1.13 bits per heavy atom. The van der Waals surface area contributed by atoms with Gasteiger partial charge in [-0.15, -0.1) is 11.3 Å². The maximum atomic E-state index is 12.9. The molecule has 0 radical (unpaired) electrons. The molecule has 0 bridgehead atoms. The summed E-state index contributed by atoms with van der Waals surface area (Å²) in [7, 11) is 0. The van der Waals surface area contributed by atoms with Crippen molar-refractivity contribution in [2.45, 2.75) is 31.1 Å². The zero-order valence-corrected chi connectivity index (χ0v) is 21.3. The number of aromatic nitrogens is 2. The average molecular weight is 531 g/mol.